The van der Waals surface area contributed by atoms with Gasteiger partial charge in [-0.2, -0.15) is 0 Å². The number of hydrogen-bond acceptors (Lipinski definition) is 3. The lowest BCUT2D eigenvalue weighted by Crippen LogP contribution is -2.42. The van der Waals surface area contributed by atoms with Crippen LogP contribution in [0.2, 0.25) is 0 Å². The van der Waals surface area contributed by atoms with Gasteiger partial charge < -0.3 is 14.7 Å². The summed E-state index contributed by atoms with van der Waals surface area (Å²) in [5.74, 6) is 0.440. The molecule has 4 nitrogen and oxygen atoms in total. The number of carbonyl (C=O) groups is 1. The lowest BCUT2D eigenvalue weighted by molar-refractivity contribution is -0.139. The lowest BCUT2D eigenvalue weighted by atomic mass is 9.97. The van der Waals surface area contributed by atoms with Crippen LogP contribution in [0.4, 0.5) is 0 Å². The molecule has 2 unspecified atom stereocenters. The van der Waals surface area contributed by atoms with Crippen molar-refractivity contribution in [3.8, 4) is 0 Å². The van der Waals surface area contributed by atoms with Gasteiger partial charge in [0.05, 0.1) is 6.10 Å². The van der Waals surface area contributed by atoms with E-state index in [1.54, 1.807) is 6.92 Å². The average Bonchev–Trinajstić information content (AvgIpc) is 2.76. The summed E-state index contributed by atoms with van der Waals surface area (Å²) < 4.78 is 5.29. The molecule has 0 aliphatic carbocycles. The third kappa shape index (κ3) is 3.19. The van der Waals surface area contributed by atoms with E-state index in [0.717, 1.165) is 38.6 Å². The van der Waals surface area contributed by atoms with Gasteiger partial charge in [0.2, 0.25) is 5.91 Å². The van der Waals surface area contributed by atoms with Crippen molar-refractivity contribution in [2.45, 2.75) is 51.2 Å². The van der Waals surface area contributed by atoms with Gasteiger partial charge >= 0.3 is 0 Å². The molecule has 1 N–H and O–H groups in total. The van der Waals surface area contributed by atoms with Crippen LogP contribution in [0.15, 0.2) is 0 Å². The van der Waals surface area contributed by atoms with Crippen molar-refractivity contribution in [2.75, 3.05) is 19.8 Å². The van der Waals surface area contributed by atoms with Crippen LogP contribution < -0.4 is 0 Å². The summed E-state index contributed by atoms with van der Waals surface area (Å²) in [6.07, 6.45) is 4.23. The standard InChI is InChI=1S/C13H23NO3/c1-10(15)9-12-3-2-6-14(12)13(16)11-4-7-17-8-5-11/h10-12,15H,2-9H2,1H3. The van der Waals surface area contributed by atoms with Crippen LogP contribution in [-0.4, -0.2) is 47.8 Å². The van der Waals surface area contributed by atoms with Crippen molar-refractivity contribution in [2.24, 2.45) is 5.92 Å². The molecule has 4 heteroatoms. The number of nitrogens with zero attached hydrogens (tertiary/aromatic N) is 1. The average molecular weight is 241 g/mol. The van der Waals surface area contributed by atoms with Gasteiger partial charge in [-0.15, -0.1) is 0 Å². The summed E-state index contributed by atoms with van der Waals surface area (Å²) in [5.41, 5.74) is 0. The van der Waals surface area contributed by atoms with E-state index in [4.69, 9.17) is 4.74 Å². The highest BCUT2D eigenvalue weighted by molar-refractivity contribution is 5.79. The molecule has 2 atom stereocenters. The Hall–Kier alpha value is -0.610. The molecular formula is C13H23NO3. The van der Waals surface area contributed by atoms with Gasteiger partial charge in [-0.25, -0.2) is 0 Å². The first-order valence-corrected chi connectivity index (χ1v) is 6.74. The van der Waals surface area contributed by atoms with Crippen molar-refractivity contribution in [1.29, 1.82) is 0 Å². The number of rotatable bonds is 3. The van der Waals surface area contributed by atoms with Crippen LogP contribution in [-0.2, 0) is 9.53 Å². The highest BCUT2D eigenvalue weighted by Gasteiger charge is 2.34. The molecule has 2 rings (SSSR count). The van der Waals surface area contributed by atoms with Crippen LogP contribution in [0.1, 0.15) is 39.0 Å². The molecule has 2 aliphatic rings. The van der Waals surface area contributed by atoms with Crippen LogP contribution in [0.3, 0.4) is 0 Å². The number of hydrogen-bond donors (Lipinski definition) is 1. The Morgan fingerprint density at radius 3 is 2.76 bits per heavy atom. The smallest absolute Gasteiger partial charge is 0.226 e. The minimum Gasteiger partial charge on any atom is -0.393 e. The van der Waals surface area contributed by atoms with Crippen molar-refractivity contribution in [3.63, 3.8) is 0 Å². The molecule has 0 radical (unpaired) electrons. The Kier molecular flexibility index (Phi) is 4.40. The fraction of sp³-hybridized carbons (Fsp3) is 0.923. The molecule has 2 aliphatic heterocycles. The topological polar surface area (TPSA) is 49.8 Å². The maximum absolute atomic E-state index is 12.4. The summed E-state index contributed by atoms with van der Waals surface area (Å²) >= 11 is 0. The Morgan fingerprint density at radius 1 is 1.41 bits per heavy atom. The first-order chi connectivity index (χ1) is 8.18. The third-order valence-corrected chi connectivity index (χ3v) is 3.84. The summed E-state index contributed by atoms with van der Waals surface area (Å²) in [6.45, 7) is 4.10. The Bertz CT molecular complexity index is 261. The molecule has 17 heavy (non-hydrogen) atoms. The molecule has 0 spiro atoms. The quantitative estimate of drug-likeness (QED) is 0.807. The Balaban J connectivity index is 1.92. The van der Waals surface area contributed by atoms with E-state index >= 15 is 0 Å². The lowest BCUT2D eigenvalue weighted by Gasteiger charge is -2.31. The maximum atomic E-state index is 12.4. The number of amides is 1. The zero-order valence-electron chi connectivity index (χ0n) is 10.6. The van der Waals surface area contributed by atoms with Crippen LogP contribution >= 0.6 is 0 Å². The molecule has 0 bridgehead atoms. The Labute approximate surface area is 103 Å². The van der Waals surface area contributed by atoms with Crippen molar-refractivity contribution in [1.82, 2.24) is 4.90 Å². The van der Waals surface area contributed by atoms with E-state index in [-0.39, 0.29) is 24.0 Å². The molecule has 0 aromatic heterocycles. The number of ether oxygens (including phenoxy) is 1. The summed E-state index contributed by atoms with van der Waals surface area (Å²) in [4.78, 5) is 14.4. The highest BCUT2D eigenvalue weighted by atomic mass is 16.5. The molecule has 0 aromatic carbocycles. The van der Waals surface area contributed by atoms with E-state index in [9.17, 15) is 9.90 Å². The zero-order chi connectivity index (χ0) is 12.3. The number of aliphatic hydroxyl groups excluding tert-OH is 1. The van der Waals surface area contributed by atoms with Gasteiger partial charge in [0.1, 0.15) is 0 Å². The molecule has 0 saturated carbocycles. The van der Waals surface area contributed by atoms with Gasteiger partial charge in [-0.05, 0) is 39.0 Å². The molecule has 2 saturated heterocycles. The predicted molar refractivity (Wildman–Crippen MR) is 64.6 cm³/mol. The van der Waals surface area contributed by atoms with E-state index in [0.29, 0.717) is 13.2 Å². The molecule has 1 amide bonds. The van der Waals surface area contributed by atoms with E-state index < -0.39 is 0 Å². The van der Waals surface area contributed by atoms with Crippen molar-refractivity contribution in [3.05, 3.63) is 0 Å². The second-order valence-electron chi connectivity index (χ2n) is 5.30. The first-order valence-electron chi connectivity index (χ1n) is 6.74. The SMILES string of the molecule is CC(O)CC1CCCN1C(=O)C1CCOCC1. The van der Waals surface area contributed by atoms with Gasteiger partial charge in [0, 0.05) is 31.7 Å². The molecular weight excluding hydrogens is 218 g/mol. The Morgan fingerprint density at radius 2 is 2.12 bits per heavy atom. The summed E-state index contributed by atoms with van der Waals surface area (Å²) in [7, 11) is 0. The molecule has 2 fully saturated rings. The normalized spacial score (nSPS) is 28.4. The number of carbonyl (C=O) groups excluding carboxylic acids is 1. The van der Waals surface area contributed by atoms with E-state index in [1.165, 1.54) is 0 Å². The highest BCUT2D eigenvalue weighted by Crippen LogP contribution is 2.26. The molecule has 0 aromatic rings. The van der Waals surface area contributed by atoms with E-state index in [2.05, 4.69) is 0 Å². The predicted octanol–water partition coefficient (Wildman–Crippen LogP) is 1.17. The van der Waals surface area contributed by atoms with Crippen molar-refractivity contribution >= 4 is 5.91 Å². The monoisotopic (exact) mass is 241 g/mol. The van der Waals surface area contributed by atoms with E-state index in [1.807, 2.05) is 4.90 Å². The van der Waals surface area contributed by atoms with Gasteiger partial charge in [0.15, 0.2) is 0 Å². The second kappa shape index (κ2) is 5.83. The minimum atomic E-state index is -0.317. The fourth-order valence-corrected chi connectivity index (χ4v) is 2.94. The van der Waals surface area contributed by atoms with Gasteiger partial charge in [-0.3, -0.25) is 4.79 Å². The van der Waals surface area contributed by atoms with Gasteiger partial charge in [-0.1, -0.05) is 0 Å². The van der Waals surface area contributed by atoms with Crippen LogP contribution in [0, 0.1) is 5.92 Å². The first kappa shape index (κ1) is 12.8. The second-order valence-corrected chi connectivity index (χ2v) is 5.30. The zero-order valence-corrected chi connectivity index (χ0v) is 10.6. The number of likely N-dealkylation sites (tertiary alicyclic amines) is 1. The molecule has 2 heterocycles. The van der Waals surface area contributed by atoms with Crippen LogP contribution in [0.25, 0.3) is 0 Å². The van der Waals surface area contributed by atoms with Gasteiger partial charge in [0.25, 0.3) is 0 Å². The summed E-state index contributed by atoms with van der Waals surface area (Å²) in [6, 6.07) is 0.255. The largest absolute Gasteiger partial charge is 0.393 e. The van der Waals surface area contributed by atoms with Crippen LogP contribution in [0.5, 0.6) is 0 Å². The van der Waals surface area contributed by atoms with Crippen molar-refractivity contribution < 1.29 is 14.6 Å². The molecule has 98 valence electrons. The third-order valence-electron chi connectivity index (χ3n) is 3.84. The fourth-order valence-electron chi connectivity index (χ4n) is 2.94. The number of aliphatic hydroxyl groups is 1. The minimum absolute atomic E-state index is 0.151. The maximum Gasteiger partial charge on any atom is 0.226 e. The summed E-state index contributed by atoms with van der Waals surface area (Å²) in [5, 5.41) is 9.46.